The second-order valence-corrected chi connectivity index (χ2v) is 3.76. The smallest absolute Gasteiger partial charge is 0.550 e. The Hall–Kier alpha value is -0.380. The minimum Gasteiger partial charge on any atom is -0.550 e. The summed E-state index contributed by atoms with van der Waals surface area (Å²) in [6.07, 6.45) is 5.32. The van der Waals surface area contributed by atoms with Crippen LogP contribution in [0.15, 0.2) is 18.3 Å². The summed E-state index contributed by atoms with van der Waals surface area (Å²) in [5.74, 6) is -0.443. The van der Waals surface area contributed by atoms with E-state index in [1.54, 1.807) is 6.20 Å². The molecule has 2 rings (SSSR count). The van der Waals surface area contributed by atoms with E-state index in [1.165, 1.54) is 24.8 Å². The van der Waals surface area contributed by atoms with E-state index in [4.69, 9.17) is 0 Å². The van der Waals surface area contributed by atoms with Gasteiger partial charge in [-0.25, -0.2) is 0 Å². The maximum absolute atomic E-state index is 10.4. The molecule has 0 N–H and O–H groups in total. The van der Waals surface area contributed by atoms with Crippen molar-refractivity contribution in [2.24, 2.45) is 0 Å². The molecule has 0 spiro atoms. The number of aromatic nitrogens is 1. The number of aliphatic carboxylic acids is 1. The standard InChI is InChI=1S/C11H13NO2.Na/c13-11(14)7-10-6-9(4-5-12-10)8-2-1-3-8;/h4-6,8H,1-3,7H2,(H,13,14);/q;+1/p-1. The van der Waals surface area contributed by atoms with Crippen LogP contribution in [0.25, 0.3) is 0 Å². The van der Waals surface area contributed by atoms with Crippen molar-refractivity contribution in [3.8, 4) is 0 Å². The van der Waals surface area contributed by atoms with Gasteiger partial charge in [-0.15, -0.1) is 0 Å². The Morgan fingerprint density at radius 2 is 2.27 bits per heavy atom. The first-order valence-electron chi connectivity index (χ1n) is 4.90. The molecule has 0 aliphatic heterocycles. The van der Waals surface area contributed by atoms with Gasteiger partial charge in [0.1, 0.15) is 0 Å². The van der Waals surface area contributed by atoms with Crippen LogP contribution in [-0.4, -0.2) is 11.0 Å². The van der Waals surface area contributed by atoms with E-state index in [-0.39, 0.29) is 36.0 Å². The molecule has 0 unspecified atom stereocenters. The molecular weight excluding hydrogens is 201 g/mol. The van der Waals surface area contributed by atoms with Gasteiger partial charge in [-0.2, -0.15) is 0 Å². The third-order valence-corrected chi connectivity index (χ3v) is 2.74. The summed E-state index contributed by atoms with van der Waals surface area (Å²) in [5.41, 5.74) is 1.83. The molecule has 0 atom stereocenters. The van der Waals surface area contributed by atoms with E-state index in [0.29, 0.717) is 11.6 Å². The zero-order chi connectivity index (χ0) is 9.97. The Morgan fingerprint density at radius 3 is 2.80 bits per heavy atom. The van der Waals surface area contributed by atoms with Crippen LogP contribution in [0.2, 0.25) is 0 Å². The molecule has 0 radical (unpaired) electrons. The molecule has 1 aromatic heterocycles. The third kappa shape index (κ3) is 3.30. The molecule has 1 saturated carbocycles. The van der Waals surface area contributed by atoms with Crippen LogP contribution in [-0.2, 0) is 11.2 Å². The van der Waals surface area contributed by atoms with Crippen molar-refractivity contribution in [3.05, 3.63) is 29.6 Å². The summed E-state index contributed by atoms with van der Waals surface area (Å²) in [6, 6.07) is 3.86. The fraction of sp³-hybridized carbons (Fsp3) is 0.455. The molecule has 1 heterocycles. The van der Waals surface area contributed by atoms with Crippen molar-refractivity contribution in [3.63, 3.8) is 0 Å². The zero-order valence-electron chi connectivity index (χ0n) is 8.90. The van der Waals surface area contributed by atoms with Crippen molar-refractivity contribution in [2.45, 2.75) is 31.6 Å². The van der Waals surface area contributed by atoms with Crippen LogP contribution in [0.4, 0.5) is 0 Å². The number of carbonyl (C=O) groups excluding carboxylic acids is 1. The largest absolute Gasteiger partial charge is 1.00 e. The number of carbonyl (C=O) groups is 1. The van der Waals surface area contributed by atoms with Gasteiger partial charge in [-0.3, -0.25) is 4.98 Å². The summed E-state index contributed by atoms with van der Waals surface area (Å²) < 4.78 is 0. The topological polar surface area (TPSA) is 53.0 Å². The molecule has 4 heteroatoms. The molecule has 1 fully saturated rings. The Labute approximate surface area is 111 Å². The van der Waals surface area contributed by atoms with Crippen LogP contribution in [0.3, 0.4) is 0 Å². The van der Waals surface area contributed by atoms with Gasteiger partial charge in [0.25, 0.3) is 0 Å². The molecule has 0 aromatic carbocycles. The predicted octanol–water partition coefficient (Wildman–Crippen LogP) is -2.35. The van der Waals surface area contributed by atoms with Gasteiger partial charge in [-0.1, -0.05) is 6.42 Å². The molecule has 74 valence electrons. The van der Waals surface area contributed by atoms with Crippen molar-refractivity contribution < 1.29 is 39.5 Å². The molecule has 15 heavy (non-hydrogen) atoms. The predicted molar refractivity (Wildman–Crippen MR) is 49.5 cm³/mol. The maximum Gasteiger partial charge on any atom is 1.00 e. The summed E-state index contributed by atoms with van der Waals surface area (Å²) in [5, 5.41) is 10.4. The van der Waals surface area contributed by atoms with Crippen LogP contribution in [0.5, 0.6) is 0 Å². The second kappa shape index (κ2) is 5.64. The first kappa shape index (κ1) is 12.7. The molecule has 1 aliphatic carbocycles. The van der Waals surface area contributed by atoms with E-state index in [2.05, 4.69) is 4.98 Å². The van der Waals surface area contributed by atoms with Crippen LogP contribution < -0.4 is 34.7 Å². The van der Waals surface area contributed by atoms with Crippen molar-refractivity contribution >= 4 is 5.97 Å². The number of carboxylic acids is 1. The van der Waals surface area contributed by atoms with E-state index in [1.807, 2.05) is 12.1 Å². The van der Waals surface area contributed by atoms with Crippen molar-refractivity contribution in [2.75, 3.05) is 0 Å². The fourth-order valence-electron chi connectivity index (χ4n) is 1.74. The molecule has 3 nitrogen and oxygen atoms in total. The molecule has 0 saturated heterocycles. The van der Waals surface area contributed by atoms with Crippen molar-refractivity contribution in [1.82, 2.24) is 4.98 Å². The summed E-state index contributed by atoms with van der Waals surface area (Å²) in [7, 11) is 0. The monoisotopic (exact) mass is 213 g/mol. The Balaban J connectivity index is 0.00000112. The normalized spacial score (nSPS) is 15.2. The SMILES string of the molecule is O=C([O-])Cc1cc(C2CCC2)ccn1.[Na+]. The summed E-state index contributed by atoms with van der Waals surface area (Å²) in [4.78, 5) is 14.4. The summed E-state index contributed by atoms with van der Waals surface area (Å²) >= 11 is 0. The minimum absolute atomic E-state index is 0. The van der Waals surface area contributed by atoms with Crippen LogP contribution in [0.1, 0.15) is 36.4 Å². The molecule has 1 aromatic rings. The molecular formula is C11H12NNaO2. The van der Waals surface area contributed by atoms with Gasteiger partial charge in [0.2, 0.25) is 0 Å². The van der Waals surface area contributed by atoms with Gasteiger partial charge in [0.15, 0.2) is 0 Å². The second-order valence-electron chi connectivity index (χ2n) is 3.76. The number of pyridine rings is 1. The molecule has 1 aliphatic rings. The molecule has 0 bridgehead atoms. The Kier molecular flexibility index (Phi) is 4.77. The first-order chi connectivity index (χ1) is 6.75. The number of carboxylic acid groups (broad SMARTS) is 1. The Morgan fingerprint density at radius 1 is 1.53 bits per heavy atom. The zero-order valence-corrected chi connectivity index (χ0v) is 10.9. The number of rotatable bonds is 3. The van der Waals surface area contributed by atoms with E-state index >= 15 is 0 Å². The van der Waals surface area contributed by atoms with Gasteiger partial charge in [-0.05, 0) is 36.5 Å². The Bertz CT molecular complexity index is 350. The quantitative estimate of drug-likeness (QED) is 0.528. The maximum atomic E-state index is 10.4. The fourth-order valence-corrected chi connectivity index (χ4v) is 1.74. The first-order valence-corrected chi connectivity index (χ1v) is 4.90. The number of hydrogen-bond donors (Lipinski definition) is 0. The van der Waals surface area contributed by atoms with Gasteiger partial charge in [0, 0.05) is 24.3 Å². The van der Waals surface area contributed by atoms with Crippen LogP contribution in [0, 0.1) is 0 Å². The number of hydrogen-bond acceptors (Lipinski definition) is 3. The third-order valence-electron chi connectivity index (χ3n) is 2.74. The van der Waals surface area contributed by atoms with Crippen molar-refractivity contribution in [1.29, 1.82) is 0 Å². The van der Waals surface area contributed by atoms with Crippen LogP contribution >= 0.6 is 0 Å². The van der Waals surface area contributed by atoms with E-state index in [0.717, 1.165) is 0 Å². The van der Waals surface area contributed by atoms with Gasteiger partial charge >= 0.3 is 29.6 Å². The number of nitrogens with zero attached hydrogens (tertiary/aromatic N) is 1. The van der Waals surface area contributed by atoms with E-state index < -0.39 is 5.97 Å². The van der Waals surface area contributed by atoms with Gasteiger partial charge < -0.3 is 9.90 Å². The average molecular weight is 213 g/mol. The molecule has 0 amide bonds. The van der Waals surface area contributed by atoms with Gasteiger partial charge in [0.05, 0.1) is 0 Å². The van der Waals surface area contributed by atoms with E-state index in [9.17, 15) is 9.90 Å². The summed E-state index contributed by atoms with van der Waals surface area (Å²) in [6.45, 7) is 0. The average Bonchev–Trinajstić information content (AvgIpc) is 1.99. The minimum atomic E-state index is -1.07.